The maximum atomic E-state index is 4.60. The van der Waals surface area contributed by atoms with E-state index >= 15 is 0 Å². The van der Waals surface area contributed by atoms with Gasteiger partial charge in [-0.25, -0.2) is 4.98 Å². The SMILES string of the molecule is Cc1n[nH]c(C)c1Nc1nc(-c2ccccc2)cs1. The van der Waals surface area contributed by atoms with Crippen molar-refractivity contribution in [2.24, 2.45) is 0 Å². The first-order chi connectivity index (χ1) is 9.24. The molecule has 0 saturated carbocycles. The number of aromatic nitrogens is 3. The van der Waals surface area contributed by atoms with Crippen molar-refractivity contribution in [2.45, 2.75) is 13.8 Å². The molecule has 0 bridgehead atoms. The van der Waals surface area contributed by atoms with Crippen LogP contribution in [0.15, 0.2) is 35.7 Å². The van der Waals surface area contributed by atoms with E-state index in [1.807, 2.05) is 32.0 Å². The number of thiazole rings is 1. The summed E-state index contributed by atoms with van der Waals surface area (Å²) < 4.78 is 0. The smallest absolute Gasteiger partial charge is 0.187 e. The Morgan fingerprint density at radius 2 is 1.95 bits per heavy atom. The van der Waals surface area contributed by atoms with Crippen molar-refractivity contribution >= 4 is 22.2 Å². The van der Waals surface area contributed by atoms with Gasteiger partial charge in [0.25, 0.3) is 0 Å². The zero-order valence-electron chi connectivity index (χ0n) is 10.8. The van der Waals surface area contributed by atoms with E-state index in [2.05, 4.69) is 38.0 Å². The summed E-state index contributed by atoms with van der Waals surface area (Å²) in [6.07, 6.45) is 0. The Labute approximate surface area is 115 Å². The summed E-state index contributed by atoms with van der Waals surface area (Å²) in [6.45, 7) is 3.96. The van der Waals surface area contributed by atoms with Gasteiger partial charge in [-0.1, -0.05) is 30.3 Å². The molecule has 0 saturated heterocycles. The number of anilines is 2. The molecule has 0 fully saturated rings. The number of hydrogen-bond acceptors (Lipinski definition) is 4. The zero-order valence-corrected chi connectivity index (χ0v) is 11.6. The lowest BCUT2D eigenvalue weighted by molar-refractivity contribution is 1.02. The number of benzene rings is 1. The van der Waals surface area contributed by atoms with E-state index in [0.29, 0.717) is 0 Å². The maximum absolute atomic E-state index is 4.60. The molecule has 3 aromatic rings. The van der Waals surface area contributed by atoms with E-state index in [1.165, 1.54) is 0 Å². The summed E-state index contributed by atoms with van der Waals surface area (Å²) >= 11 is 1.60. The molecule has 0 amide bonds. The molecule has 0 atom stereocenters. The minimum Gasteiger partial charge on any atom is -0.328 e. The van der Waals surface area contributed by atoms with Gasteiger partial charge in [-0.3, -0.25) is 5.10 Å². The highest BCUT2D eigenvalue weighted by Gasteiger charge is 2.09. The van der Waals surface area contributed by atoms with Crippen LogP contribution in [0.5, 0.6) is 0 Å². The topological polar surface area (TPSA) is 53.6 Å². The van der Waals surface area contributed by atoms with Gasteiger partial charge in [0.15, 0.2) is 5.13 Å². The zero-order chi connectivity index (χ0) is 13.2. The molecule has 3 rings (SSSR count). The van der Waals surface area contributed by atoms with Gasteiger partial charge >= 0.3 is 0 Å². The van der Waals surface area contributed by atoms with Crippen LogP contribution in [0.25, 0.3) is 11.3 Å². The fraction of sp³-hybridized carbons (Fsp3) is 0.143. The summed E-state index contributed by atoms with van der Waals surface area (Å²) in [5.41, 5.74) is 5.11. The third-order valence-electron chi connectivity index (χ3n) is 2.93. The van der Waals surface area contributed by atoms with Crippen molar-refractivity contribution in [3.05, 3.63) is 47.1 Å². The van der Waals surface area contributed by atoms with Gasteiger partial charge in [0.1, 0.15) is 0 Å². The molecule has 4 nitrogen and oxygen atoms in total. The Balaban J connectivity index is 1.87. The van der Waals surface area contributed by atoms with Gasteiger partial charge in [0.05, 0.1) is 22.8 Å². The molecule has 0 radical (unpaired) electrons. The van der Waals surface area contributed by atoms with Crippen LogP contribution in [0.1, 0.15) is 11.4 Å². The van der Waals surface area contributed by atoms with Crippen molar-refractivity contribution in [3.63, 3.8) is 0 Å². The highest BCUT2D eigenvalue weighted by atomic mass is 32.1. The Morgan fingerprint density at radius 3 is 2.63 bits per heavy atom. The van der Waals surface area contributed by atoms with Crippen molar-refractivity contribution in [3.8, 4) is 11.3 Å². The average molecular weight is 270 g/mol. The summed E-state index contributed by atoms with van der Waals surface area (Å²) in [6, 6.07) is 10.2. The fourth-order valence-corrected chi connectivity index (χ4v) is 2.64. The molecule has 19 heavy (non-hydrogen) atoms. The minimum absolute atomic E-state index is 0.881. The second-order valence-corrected chi connectivity index (χ2v) is 5.20. The third kappa shape index (κ3) is 2.37. The monoisotopic (exact) mass is 270 g/mol. The van der Waals surface area contributed by atoms with Gasteiger partial charge in [-0.05, 0) is 13.8 Å². The molecule has 5 heteroatoms. The minimum atomic E-state index is 0.881. The Morgan fingerprint density at radius 1 is 1.16 bits per heavy atom. The lowest BCUT2D eigenvalue weighted by Crippen LogP contribution is -1.92. The second kappa shape index (κ2) is 4.85. The van der Waals surface area contributed by atoms with Crippen LogP contribution in [-0.4, -0.2) is 15.2 Å². The molecular formula is C14H14N4S. The van der Waals surface area contributed by atoms with E-state index in [9.17, 15) is 0 Å². The molecule has 1 aromatic carbocycles. The predicted molar refractivity (Wildman–Crippen MR) is 78.9 cm³/mol. The average Bonchev–Trinajstić information content (AvgIpc) is 3.02. The largest absolute Gasteiger partial charge is 0.328 e. The summed E-state index contributed by atoms with van der Waals surface area (Å²) in [7, 11) is 0. The maximum Gasteiger partial charge on any atom is 0.187 e. The van der Waals surface area contributed by atoms with Crippen LogP contribution in [-0.2, 0) is 0 Å². The summed E-state index contributed by atoms with van der Waals surface area (Å²) in [5.74, 6) is 0. The number of aryl methyl sites for hydroxylation is 2. The van der Waals surface area contributed by atoms with Gasteiger partial charge in [0.2, 0.25) is 0 Å². The second-order valence-electron chi connectivity index (χ2n) is 4.34. The Kier molecular flexibility index (Phi) is 3.05. The Bertz CT molecular complexity index is 665. The van der Waals surface area contributed by atoms with E-state index in [4.69, 9.17) is 0 Å². The molecule has 2 heterocycles. The van der Waals surface area contributed by atoms with Crippen molar-refractivity contribution in [1.29, 1.82) is 0 Å². The first-order valence-electron chi connectivity index (χ1n) is 6.03. The van der Waals surface area contributed by atoms with Gasteiger partial charge in [-0.2, -0.15) is 5.10 Å². The predicted octanol–water partition coefficient (Wildman–Crippen LogP) is 3.89. The van der Waals surface area contributed by atoms with Crippen LogP contribution in [0, 0.1) is 13.8 Å². The fourth-order valence-electron chi connectivity index (χ4n) is 1.91. The molecule has 2 N–H and O–H groups in total. The molecule has 0 aliphatic carbocycles. The van der Waals surface area contributed by atoms with Gasteiger partial charge in [0, 0.05) is 10.9 Å². The highest BCUT2D eigenvalue weighted by molar-refractivity contribution is 7.14. The molecule has 2 aromatic heterocycles. The van der Waals surface area contributed by atoms with E-state index in [1.54, 1.807) is 11.3 Å². The van der Waals surface area contributed by atoms with Crippen LogP contribution < -0.4 is 5.32 Å². The van der Waals surface area contributed by atoms with E-state index in [0.717, 1.165) is 33.5 Å². The van der Waals surface area contributed by atoms with E-state index in [-0.39, 0.29) is 0 Å². The lowest BCUT2D eigenvalue weighted by atomic mass is 10.2. The molecule has 0 aliphatic rings. The van der Waals surface area contributed by atoms with Crippen molar-refractivity contribution in [1.82, 2.24) is 15.2 Å². The molecule has 0 aliphatic heterocycles. The van der Waals surface area contributed by atoms with Gasteiger partial charge in [-0.15, -0.1) is 11.3 Å². The summed E-state index contributed by atoms with van der Waals surface area (Å²) in [5, 5.41) is 13.4. The van der Waals surface area contributed by atoms with E-state index < -0.39 is 0 Å². The highest BCUT2D eigenvalue weighted by Crippen LogP contribution is 2.28. The van der Waals surface area contributed by atoms with Crippen molar-refractivity contribution < 1.29 is 0 Å². The van der Waals surface area contributed by atoms with Crippen LogP contribution in [0.2, 0.25) is 0 Å². The normalized spacial score (nSPS) is 10.6. The number of rotatable bonds is 3. The van der Waals surface area contributed by atoms with Crippen LogP contribution in [0.3, 0.4) is 0 Å². The van der Waals surface area contributed by atoms with Crippen LogP contribution in [0.4, 0.5) is 10.8 Å². The van der Waals surface area contributed by atoms with Gasteiger partial charge < -0.3 is 5.32 Å². The number of H-pyrrole nitrogens is 1. The summed E-state index contributed by atoms with van der Waals surface area (Å²) in [4.78, 5) is 4.60. The quantitative estimate of drug-likeness (QED) is 0.759. The number of nitrogens with one attached hydrogen (secondary N) is 2. The molecular weight excluding hydrogens is 256 g/mol. The Hall–Kier alpha value is -2.14. The molecule has 96 valence electrons. The van der Waals surface area contributed by atoms with Crippen LogP contribution >= 0.6 is 11.3 Å². The molecule has 0 spiro atoms. The number of nitrogens with zero attached hydrogens (tertiary/aromatic N) is 2. The number of hydrogen-bond donors (Lipinski definition) is 2. The lowest BCUT2D eigenvalue weighted by Gasteiger charge is -2.01. The first kappa shape index (κ1) is 11.9. The third-order valence-corrected chi connectivity index (χ3v) is 3.69. The molecule has 0 unspecified atom stereocenters. The standard InChI is InChI=1S/C14H14N4S/c1-9-13(10(2)18-17-9)16-14-15-12(8-19-14)11-6-4-3-5-7-11/h3-8H,1-2H3,(H,15,16)(H,17,18). The first-order valence-corrected chi connectivity index (χ1v) is 6.91. The number of aromatic amines is 1. The van der Waals surface area contributed by atoms with Crippen molar-refractivity contribution in [2.75, 3.05) is 5.32 Å².